The van der Waals surface area contributed by atoms with Crippen LogP contribution in [0.3, 0.4) is 0 Å². The summed E-state index contributed by atoms with van der Waals surface area (Å²) in [6, 6.07) is 12.3. The zero-order chi connectivity index (χ0) is 19.3. The van der Waals surface area contributed by atoms with Crippen molar-refractivity contribution in [3.8, 4) is 0 Å². The molecule has 2 rings (SSSR count). The highest BCUT2D eigenvalue weighted by molar-refractivity contribution is 6.02. The van der Waals surface area contributed by atoms with E-state index < -0.39 is 12.1 Å². The predicted molar refractivity (Wildman–Crippen MR) is 99.1 cm³/mol. The molecule has 0 aliphatic heterocycles. The van der Waals surface area contributed by atoms with E-state index in [-0.39, 0.29) is 11.7 Å². The van der Waals surface area contributed by atoms with Gasteiger partial charge in [-0.25, -0.2) is 4.79 Å². The number of ether oxygens (including phenoxy) is 1. The molecule has 136 valence electrons. The minimum Gasteiger partial charge on any atom is -0.451 e. The maximum Gasteiger partial charge on any atom is 0.338 e. The molecule has 0 saturated heterocycles. The zero-order valence-corrected chi connectivity index (χ0v) is 15.5. The van der Waals surface area contributed by atoms with Crippen molar-refractivity contribution in [3.05, 3.63) is 70.3 Å². The molecule has 2 aromatic rings. The predicted octanol–water partition coefficient (Wildman–Crippen LogP) is 3.37. The molecule has 1 atom stereocenters. The van der Waals surface area contributed by atoms with Crippen LogP contribution in [0.4, 0.5) is 0 Å². The standard InChI is InChI=1S/C21H23NO4/c1-13-5-6-14(2)19(11-13)20(24)15(3)26-21(25)18-9-7-17(8-10-18)12-22-16(4)23/h5-11,15H,12H2,1-4H3,(H,22,23)/t15-/m1/s1. The average Bonchev–Trinajstić information content (AvgIpc) is 2.61. The highest BCUT2D eigenvalue weighted by atomic mass is 16.5. The summed E-state index contributed by atoms with van der Waals surface area (Å²) in [5.74, 6) is -0.892. The minimum absolute atomic E-state index is 0.118. The van der Waals surface area contributed by atoms with Gasteiger partial charge >= 0.3 is 5.97 Å². The molecule has 0 bridgehead atoms. The summed E-state index contributed by atoms with van der Waals surface area (Å²) in [4.78, 5) is 35.8. The number of benzene rings is 2. The molecule has 0 fully saturated rings. The van der Waals surface area contributed by atoms with Gasteiger partial charge in [0.2, 0.25) is 11.7 Å². The Bertz CT molecular complexity index is 824. The number of amides is 1. The Morgan fingerprint density at radius 3 is 2.31 bits per heavy atom. The molecule has 26 heavy (non-hydrogen) atoms. The number of hydrogen-bond donors (Lipinski definition) is 1. The first kappa shape index (κ1) is 19.4. The number of carbonyl (C=O) groups is 3. The second-order valence-electron chi connectivity index (χ2n) is 6.34. The molecule has 0 aliphatic rings. The monoisotopic (exact) mass is 353 g/mol. The summed E-state index contributed by atoms with van der Waals surface area (Å²) in [5.41, 5.74) is 3.63. The third-order valence-corrected chi connectivity index (χ3v) is 4.04. The van der Waals surface area contributed by atoms with Crippen LogP contribution in [0, 0.1) is 13.8 Å². The molecule has 2 aromatic carbocycles. The average molecular weight is 353 g/mol. The summed E-state index contributed by atoms with van der Waals surface area (Å²) in [5, 5.41) is 2.69. The number of Topliss-reactive ketones (excluding diaryl/α,β-unsaturated/α-hetero) is 1. The molecule has 0 radical (unpaired) electrons. The number of aryl methyl sites for hydroxylation is 2. The van der Waals surface area contributed by atoms with Crippen LogP contribution < -0.4 is 5.32 Å². The zero-order valence-electron chi connectivity index (χ0n) is 15.5. The molecule has 0 aliphatic carbocycles. The molecule has 0 unspecified atom stereocenters. The van der Waals surface area contributed by atoms with Crippen LogP contribution in [0.15, 0.2) is 42.5 Å². The lowest BCUT2D eigenvalue weighted by Crippen LogP contribution is -2.25. The van der Waals surface area contributed by atoms with Crippen LogP contribution in [0.25, 0.3) is 0 Å². The Hall–Kier alpha value is -2.95. The highest BCUT2D eigenvalue weighted by Crippen LogP contribution is 2.15. The molecule has 1 amide bonds. The van der Waals surface area contributed by atoms with Crippen LogP contribution in [-0.2, 0) is 16.1 Å². The van der Waals surface area contributed by atoms with Crippen LogP contribution in [0.1, 0.15) is 51.3 Å². The third kappa shape index (κ3) is 5.02. The summed E-state index contributed by atoms with van der Waals surface area (Å²) in [6.07, 6.45) is -0.873. The molecule has 5 nitrogen and oxygen atoms in total. The smallest absolute Gasteiger partial charge is 0.338 e. The molecule has 5 heteroatoms. The molecular weight excluding hydrogens is 330 g/mol. The van der Waals surface area contributed by atoms with Gasteiger partial charge in [-0.3, -0.25) is 9.59 Å². The Morgan fingerprint density at radius 1 is 1.04 bits per heavy atom. The van der Waals surface area contributed by atoms with E-state index in [1.165, 1.54) is 6.92 Å². The topological polar surface area (TPSA) is 72.5 Å². The maximum atomic E-state index is 12.6. The van der Waals surface area contributed by atoms with E-state index in [0.717, 1.165) is 16.7 Å². The number of hydrogen-bond acceptors (Lipinski definition) is 4. The van der Waals surface area contributed by atoms with Crippen LogP contribution in [0.5, 0.6) is 0 Å². The van der Waals surface area contributed by atoms with Crippen molar-refractivity contribution in [2.75, 3.05) is 0 Å². The lowest BCUT2D eigenvalue weighted by molar-refractivity contribution is -0.119. The number of nitrogens with one attached hydrogen (secondary N) is 1. The summed E-state index contributed by atoms with van der Waals surface area (Å²) >= 11 is 0. The van der Waals surface area contributed by atoms with Crippen LogP contribution in [0.2, 0.25) is 0 Å². The van der Waals surface area contributed by atoms with E-state index in [1.807, 2.05) is 26.0 Å². The van der Waals surface area contributed by atoms with Gasteiger partial charge in [-0.1, -0.05) is 29.8 Å². The molecule has 0 aromatic heterocycles. The van der Waals surface area contributed by atoms with Crippen molar-refractivity contribution in [1.29, 1.82) is 0 Å². The lowest BCUT2D eigenvalue weighted by atomic mass is 9.99. The maximum absolute atomic E-state index is 12.6. The van der Waals surface area contributed by atoms with Gasteiger partial charge in [-0.15, -0.1) is 0 Å². The lowest BCUT2D eigenvalue weighted by Gasteiger charge is -2.14. The van der Waals surface area contributed by atoms with Gasteiger partial charge in [0.25, 0.3) is 0 Å². The fourth-order valence-electron chi connectivity index (χ4n) is 2.49. The summed E-state index contributed by atoms with van der Waals surface area (Å²) in [7, 11) is 0. The van der Waals surface area contributed by atoms with E-state index in [9.17, 15) is 14.4 Å². The van der Waals surface area contributed by atoms with Crippen LogP contribution >= 0.6 is 0 Å². The molecule has 0 saturated carbocycles. The first-order valence-corrected chi connectivity index (χ1v) is 8.43. The van der Waals surface area contributed by atoms with Crippen molar-refractivity contribution in [2.45, 2.75) is 40.3 Å². The fraction of sp³-hybridized carbons (Fsp3) is 0.286. The summed E-state index contributed by atoms with van der Waals surface area (Å²) in [6.45, 7) is 7.18. The number of esters is 1. The van der Waals surface area contributed by atoms with E-state index in [0.29, 0.717) is 17.7 Å². The molecule has 0 heterocycles. The number of rotatable bonds is 6. The van der Waals surface area contributed by atoms with Gasteiger partial charge in [-0.05, 0) is 50.1 Å². The van der Waals surface area contributed by atoms with Gasteiger partial charge in [-0.2, -0.15) is 0 Å². The third-order valence-electron chi connectivity index (χ3n) is 4.04. The van der Waals surface area contributed by atoms with Crippen molar-refractivity contribution >= 4 is 17.7 Å². The second kappa shape index (κ2) is 8.43. The number of ketones is 1. The first-order chi connectivity index (χ1) is 12.3. The van der Waals surface area contributed by atoms with Gasteiger partial charge in [0.05, 0.1) is 5.56 Å². The number of carbonyl (C=O) groups excluding carboxylic acids is 3. The largest absolute Gasteiger partial charge is 0.451 e. The first-order valence-electron chi connectivity index (χ1n) is 8.43. The quantitative estimate of drug-likeness (QED) is 0.638. The molecule has 1 N–H and O–H groups in total. The van der Waals surface area contributed by atoms with Crippen LogP contribution in [-0.4, -0.2) is 23.8 Å². The highest BCUT2D eigenvalue weighted by Gasteiger charge is 2.21. The van der Waals surface area contributed by atoms with E-state index in [1.54, 1.807) is 37.3 Å². The normalized spacial score (nSPS) is 11.5. The summed E-state index contributed by atoms with van der Waals surface area (Å²) < 4.78 is 5.33. The fourth-order valence-corrected chi connectivity index (χ4v) is 2.49. The van der Waals surface area contributed by atoms with Crippen molar-refractivity contribution in [3.63, 3.8) is 0 Å². The SMILES string of the molecule is CC(=O)NCc1ccc(C(=O)O[C@H](C)C(=O)c2cc(C)ccc2C)cc1. The van der Waals surface area contributed by atoms with Gasteiger partial charge in [0.15, 0.2) is 6.10 Å². The van der Waals surface area contributed by atoms with Gasteiger partial charge < -0.3 is 10.1 Å². The second-order valence-corrected chi connectivity index (χ2v) is 6.34. The van der Waals surface area contributed by atoms with Crippen molar-refractivity contribution in [1.82, 2.24) is 5.32 Å². The van der Waals surface area contributed by atoms with E-state index >= 15 is 0 Å². The van der Waals surface area contributed by atoms with Gasteiger partial charge in [0, 0.05) is 19.0 Å². The molecule has 0 spiro atoms. The van der Waals surface area contributed by atoms with Gasteiger partial charge in [0.1, 0.15) is 0 Å². The Balaban J connectivity index is 2.03. The van der Waals surface area contributed by atoms with E-state index in [4.69, 9.17) is 4.74 Å². The van der Waals surface area contributed by atoms with Crippen molar-refractivity contribution in [2.24, 2.45) is 0 Å². The minimum atomic E-state index is -0.873. The molecular formula is C21H23NO4. The Kier molecular flexibility index (Phi) is 6.28. The van der Waals surface area contributed by atoms with E-state index in [2.05, 4.69) is 5.32 Å². The van der Waals surface area contributed by atoms with Crippen molar-refractivity contribution < 1.29 is 19.1 Å². The Morgan fingerprint density at radius 2 is 1.69 bits per heavy atom. The Labute approximate surface area is 153 Å².